The van der Waals surface area contributed by atoms with Crippen LogP contribution in [-0.2, 0) is 0 Å². The molecule has 0 unspecified atom stereocenters. The van der Waals surface area contributed by atoms with Crippen molar-refractivity contribution in [3.8, 4) is 0 Å². The number of rotatable bonds is 2. The molecule has 40 valence electrons. The van der Waals surface area contributed by atoms with Gasteiger partial charge in [0.2, 0.25) is 0 Å². The zero-order valence-corrected chi connectivity index (χ0v) is 11.4. The van der Waals surface area contributed by atoms with Crippen molar-refractivity contribution in [1.29, 1.82) is 0 Å². The molecule has 8 heavy (non-hydrogen) atoms. The molecule has 1 aliphatic rings. The van der Waals surface area contributed by atoms with Crippen LogP contribution in [0.2, 0.25) is 0 Å². The number of allylic oxidation sites excluding steroid dienone is 4. The van der Waals surface area contributed by atoms with Gasteiger partial charge in [-0.2, -0.15) is 0 Å². The number of hydrogen-bond acceptors (Lipinski definition) is 0. The van der Waals surface area contributed by atoms with Gasteiger partial charge in [-0.05, 0) is 0 Å². The Hall–Kier alpha value is 1.12. The summed E-state index contributed by atoms with van der Waals surface area (Å²) in [5.41, 5.74) is 0. The molecule has 2 radical (unpaired) electrons. The van der Waals surface area contributed by atoms with Crippen LogP contribution in [0.25, 0.3) is 0 Å². The van der Waals surface area contributed by atoms with Crippen LogP contribution in [0.1, 0.15) is 6.42 Å². The first-order chi connectivity index (χ1) is 3.93. The van der Waals surface area contributed by atoms with Gasteiger partial charge in [-0.15, -0.1) is 0 Å². The van der Waals surface area contributed by atoms with Gasteiger partial charge in [0.05, 0.1) is 0 Å². The molecule has 0 heterocycles. The van der Waals surface area contributed by atoms with Crippen molar-refractivity contribution in [3.63, 3.8) is 0 Å². The molecule has 0 saturated carbocycles. The Balaban J connectivity index is 2.39. The molecule has 0 spiro atoms. The first kappa shape index (κ1) is 7.23. The van der Waals surface area contributed by atoms with Crippen molar-refractivity contribution < 1.29 is 0 Å². The second kappa shape index (κ2) is 4.02. The van der Waals surface area contributed by atoms with Gasteiger partial charge in [-0.25, -0.2) is 0 Å². The van der Waals surface area contributed by atoms with E-state index in [1.807, 2.05) is 0 Å². The predicted octanol–water partition coefficient (Wildman–Crippen LogP) is 0.463. The van der Waals surface area contributed by atoms with Crippen LogP contribution in [-0.4, -0.2) is 48.9 Å². The Morgan fingerprint density at radius 2 is 2.62 bits per heavy atom. The second-order valence-corrected chi connectivity index (χ2v) is 13.5. The Kier molecular flexibility index (Phi) is 3.63. The normalized spacial score (nSPS) is 16.2. The Bertz CT molecular complexity index is 145. The zero-order chi connectivity index (χ0) is 5.82. The Morgan fingerprint density at radius 1 is 1.75 bits per heavy atom. The van der Waals surface area contributed by atoms with Gasteiger partial charge in [0.1, 0.15) is 0 Å². The molecule has 0 bridgehead atoms. The van der Waals surface area contributed by atoms with Gasteiger partial charge in [0.15, 0.2) is 0 Å². The van der Waals surface area contributed by atoms with Gasteiger partial charge >= 0.3 is 76.8 Å². The van der Waals surface area contributed by atoms with E-state index in [2.05, 4.69) is 19.6 Å². The van der Waals surface area contributed by atoms with Crippen molar-refractivity contribution in [1.82, 2.24) is 0 Å². The van der Waals surface area contributed by atoms with Gasteiger partial charge in [0.25, 0.3) is 0 Å². The molecule has 0 N–H and O–H groups in total. The first-order valence-electron chi connectivity index (χ1n) is 2.46. The van der Waals surface area contributed by atoms with E-state index in [1.54, 1.807) is 3.28 Å². The van der Waals surface area contributed by atoms with E-state index in [0.717, 1.165) is 0 Å². The Morgan fingerprint density at radius 3 is 3.12 bits per heavy atom. The summed E-state index contributed by atoms with van der Waals surface area (Å²) in [5.74, 6) is 0. The van der Waals surface area contributed by atoms with Gasteiger partial charge < -0.3 is 0 Å². The summed E-state index contributed by atoms with van der Waals surface area (Å²) < 4.78 is 4.23. The van der Waals surface area contributed by atoms with Crippen molar-refractivity contribution in [2.75, 3.05) is 0 Å². The average Bonchev–Trinajstić information content (AvgIpc) is 2.19. The average molecular weight is 496 g/mol. The third-order valence-electron chi connectivity index (χ3n) is 0.975. The van der Waals surface area contributed by atoms with Gasteiger partial charge in [-0.3, -0.25) is 0 Å². The van der Waals surface area contributed by atoms with Crippen molar-refractivity contribution in [2.24, 2.45) is 0 Å². The van der Waals surface area contributed by atoms with Crippen LogP contribution < -0.4 is 0 Å². The van der Waals surface area contributed by atoms with Gasteiger partial charge in [-0.1, -0.05) is 0 Å². The molecule has 0 aromatic rings. The fraction of sp³-hybridized carbons (Fsp3) is 0.167. The molecule has 0 atom stereocenters. The zero-order valence-electron chi connectivity index (χ0n) is 4.41. The predicted molar refractivity (Wildman–Crippen MR) is 39.4 cm³/mol. The monoisotopic (exact) mass is 496 g/mol. The molecule has 1 aliphatic carbocycles. The topological polar surface area (TPSA) is 0 Å². The molecule has 1 rings (SSSR count). The molecule has 0 amide bonds. The molecule has 0 aromatic heterocycles. The first-order valence-corrected chi connectivity index (χ1v) is 8.21. The maximum atomic E-state index is 2.48. The van der Waals surface area contributed by atoms with Crippen LogP contribution in [0, 0.1) is 0 Å². The van der Waals surface area contributed by atoms with Crippen molar-refractivity contribution in [2.45, 2.75) is 6.42 Å². The summed E-state index contributed by atoms with van der Waals surface area (Å²) in [7, 11) is 0. The summed E-state index contributed by atoms with van der Waals surface area (Å²) in [5, 5.41) is 0. The molecule has 0 fully saturated rings. The standard InChI is InChI=1S/C5H5.CH.2Bi/c1-2-4-5-3-1;;;/h1-3H,4H2;1H;;. The van der Waals surface area contributed by atoms with E-state index in [0.29, 0.717) is 0 Å². The van der Waals surface area contributed by atoms with Crippen LogP contribution in [0.4, 0.5) is 0 Å². The van der Waals surface area contributed by atoms with Crippen LogP contribution in [0.5, 0.6) is 0 Å². The SMILES string of the molecule is [Bi]=[CH][Bi][C]1=CC=CC1. The maximum absolute atomic E-state index is 2.48. The minimum absolute atomic E-state index is 0.205. The molecule has 0 aliphatic heterocycles. The van der Waals surface area contributed by atoms with Crippen LogP contribution >= 0.6 is 0 Å². The molecule has 0 nitrogen and oxygen atoms in total. The Labute approximate surface area is 75.9 Å². The van der Waals surface area contributed by atoms with Crippen molar-refractivity contribution in [3.05, 3.63) is 21.5 Å². The third kappa shape index (κ3) is 2.15. The van der Waals surface area contributed by atoms with Gasteiger partial charge in [0, 0.05) is 0 Å². The molecule has 2 heteroatoms. The summed E-state index contributed by atoms with van der Waals surface area (Å²) in [6, 6.07) is 0. The van der Waals surface area contributed by atoms with Crippen LogP contribution in [0.15, 0.2) is 21.5 Å². The summed E-state index contributed by atoms with van der Waals surface area (Å²) in [6.45, 7) is 0. The van der Waals surface area contributed by atoms with E-state index >= 15 is 0 Å². The molecule has 0 saturated heterocycles. The van der Waals surface area contributed by atoms with E-state index in [9.17, 15) is 0 Å². The van der Waals surface area contributed by atoms with E-state index in [4.69, 9.17) is 0 Å². The van der Waals surface area contributed by atoms with E-state index in [1.165, 1.54) is 30.7 Å². The molecule has 0 aromatic carbocycles. The fourth-order valence-corrected chi connectivity index (χ4v) is 7.73. The number of hydrogen-bond donors (Lipinski definition) is 0. The fourth-order valence-electron chi connectivity index (χ4n) is 0.606. The summed E-state index contributed by atoms with van der Waals surface area (Å²) in [4.78, 5) is 0. The van der Waals surface area contributed by atoms with E-state index < -0.39 is 0 Å². The van der Waals surface area contributed by atoms with Crippen LogP contribution in [0.3, 0.4) is 0 Å². The summed E-state index contributed by atoms with van der Waals surface area (Å²) in [6.07, 6.45) is 7.99. The van der Waals surface area contributed by atoms with Crippen molar-refractivity contribution >= 4 is 48.9 Å². The quantitative estimate of drug-likeness (QED) is 0.488. The molecular formula is C6H6Bi2. The van der Waals surface area contributed by atoms with E-state index in [-0.39, 0.29) is 23.2 Å². The minimum atomic E-state index is -0.205. The third-order valence-corrected chi connectivity index (χ3v) is 7.94. The molecular weight excluding hydrogens is 490 g/mol. The summed E-state index contributed by atoms with van der Waals surface area (Å²) >= 11 is 1.28. The second-order valence-electron chi connectivity index (χ2n) is 1.53.